The molecule has 0 bridgehead atoms. The Bertz CT molecular complexity index is 706. The number of ether oxygens (including phenoxy) is 2. The molecule has 0 saturated carbocycles. The van der Waals surface area contributed by atoms with Gasteiger partial charge in [-0.3, -0.25) is 4.90 Å². The van der Waals surface area contributed by atoms with E-state index in [1.54, 1.807) is 6.92 Å². The molecule has 1 fully saturated rings. The maximum Gasteiger partial charge on any atom is 0.334 e. The Morgan fingerprint density at radius 1 is 1.35 bits per heavy atom. The Labute approximate surface area is 154 Å². The van der Waals surface area contributed by atoms with Crippen molar-refractivity contribution in [2.45, 2.75) is 26.2 Å². The van der Waals surface area contributed by atoms with E-state index < -0.39 is 0 Å². The van der Waals surface area contributed by atoms with E-state index >= 15 is 0 Å². The molecule has 0 amide bonds. The SMILES string of the molecule is CCOC(=O)C1=Cc2ccc(CCCN3CCOCC3)cc2N=C(N)C1. The summed E-state index contributed by atoms with van der Waals surface area (Å²) in [5.74, 6) is 0.113. The molecule has 0 unspecified atom stereocenters. The van der Waals surface area contributed by atoms with E-state index in [1.165, 1.54) is 5.56 Å². The molecule has 1 aromatic carbocycles. The lowest BCUT2D eigenvalue weighted by atomic mass is 10.0. The zero-order chi connectivity index (χ0) is 18.4. The highest BCUT2D eigenvalue weighted by Crippen LogP contribution is 2.28. The van der Waals surface area contributed by atoms with Gasteiger partial charge in [0.15, 0.2) is 0 Å². The number of morpholine rings is 1. The minimum Gasteiger partial charge on any atom is -0.463 e. The Morgan fingerprint density at radius 3 is 2.92 bits per heavy atom. The molecule has 0 radical (unpaired) electrons. The monoisotopic (exact) mass is 357 g/mol. The number of esters is 1. The second-order valence-corrected chi connectivity index (χ2v) is 6.62. The van der Waals surface area contributed by atoms with Gasteiger partial charge < -0.3 is 15.2 Å². The van der Waals surface area contributed by atoms with Crippen LogP contribution in [0.3, 0.4) is 0 Å². The molecule has 140 valence electrons. The summed E-state index contributed by atoms with van der Waals surface area (Å²) in [6.45, 7) is 6.94. The van der Waals surface area contributed by atoms with Crippen molar-refractivity contribution >= 4 is 23.6 Å². The fraction of sp³-hybridized carbons (Fsp3) is 0.500. The molecule has 6 heteroatoms. The molecule has 26 heavy (non-hydrogen) atoms. The van der Waals surface area contributed by atoms with E-state index in [9.17, 15) is 4.79 Å². The number of carbonyl (C=O) groups excluding carboxylic acids is 1. The summed E-state index contributed by atoms with van der Waals surface area (Å²) in [6, 6.07) is 6.20. The first-order chi connectivity index (χ1) is 12.7. The van der Waals surface area contributed by atoms with Crippen LogP contribution in [0.15, 0.2) is 28.8 Å². The number of hydrogen-bond acceptors (Lipinski definition) is 6. The highest BCUT2D eigenvalue weighted by molar-refractivity contribution is 6.03. The van der Waals surface area contributed by atoms with Crippen molar-refractivity contribution in [2.75, 3.05) is 39.5 Å². The van der Waals surface area contributed by atoms with Crippen LogP contribution < -0.4 is 5.73 Å². The molecule has 6 nitrogen and oxygen atoms in total. The van der Waals surface area contributed by atoms with Crippen molar-refractivity contribution in [1.82, 2.24) is 4.90 Å². The lowest BCUT2D eigenvalue weighted by Gasteiger charge is -2.26. The molecule has 0 spiro atoms. The fourth-order valence-electron chi connectivity index (χ4n) is 3.28. The molecule has 1 aromatic rings. The lowest BCUT2D eigenvalue weighted by molar-refractivity contribution is -0.138. The van der Waals surface area contributed by atoms with Gasteiger partial charge in [-0.2, -0.15) is 0 Å². The highest BCUT2D eigenvalue weighted by Gasteiger charge is 2.17. The third-order valence-corrected chi connectivity index (χ3v) is 4.64. The van der Waals surface area contributed by atoms with Crippen LogP contribution in [0.4, 0.5) is 5.69 Å². The van der Waals surface area contributed by atoms with Crippen molar-refractivity contribution in [3.8, 4) is 0 Å². The molecule has 0 aliphatic carbocycles. The second kappa shape index (κ2) is 8.96. The number of carbonyl (C=O) groups is 1. The average Bonchev–Trinajstić information content (AvgIpc) is 2.80. The van der Waals surface area contributed by atoms with Crippen LogP contribution in [0.25, 0.3) is 6.08 Å². The Kier molecular flexibility index (Phi) is 6.41. The fourth-order valence-corrected chi connectivity index (χ4v) is 3.28. The molecule has 2 N–H and O–H groups in total. The molecular formula is C20H27N3O3. The first-order valence-corrected chi connectivity index (χ1v) is 9.29. The number of amidine groups is 1. The van der Waals surface area contributed by atoms with Gasteiger partial charge in [-0.25, -0.2) is 9.79 Å². The molecule has 0 atom stereocenters. The lowest BCUT2D eigenvalue weighted by Crippen LogP contribution is -2.36. The van der Waals surface area contributed by atoms with E-state index in [1.807, 2.05) is 12.1 Å². The highest BCUT2D eigenvalue weighted by atomic mass is 16.5. The van der Waals surface area contributed by atoms with Crippen molar-refractivity contribution in [3.05, 3.63) is 34.9 Å². The zero-order valence-corrected chi connectivity index (χ0v) is 15.4. The van der Waals surface area contributed by atoms with Gasteiger partial charge in [-0.05, 0) is 44.0 Å². The molecule has 0 aromatic heterocycles. The number of rotatable bonds is 6. The number of aliphatic imine (C=N–C) groups is 1. The molecule has 2 aliphatic rings. The Balaban J connectivity index is 1.67. The van der Waals surface area contributed by atoms with E-state index in [2.05, 4.69) is 22.0 Å². The smallest absolute Gasteiger partial charge is 0.334 e. The van der Waals surface area contributed by atoms with Crippen LogP contribution >= 0.6 is 0 Å². The standard InChI is InChI=1S/C20H27N3O3/c1-2-26-20(24)17-13-16-6-5-15(12-18(16)22-19(21)14-17)4-3-7-23-8-10-25-11-9-23/h5-6,12-13H,2-4,7-11,14H2,1H3,(H2,21,22). The number of fused-ring (bicyclic) bond motifs is 1. The molecule has 3 rings (SSSR count). The minimum atomic E-state index is -0.326. The summed E-state index contributed by atoms with van der Waals surface area (Å²) >= 11 is 0. The van der Waals surface area contributed by atoms with Gasteiger partial charge in [-0.15, -0.1) is 0 Å². The van der Waals surface area contributed by atoms with Crippen LogP contribution in [0.2, 0.25) is 0 Å². The summed E-state index contributed by atoms with van der Waals surface area (Å²) < 4.78 is 10.5. The molecule has 2 heterocycles. The number of nitrogens with zero attached hydrogens (tertiary/aromatic N) is 2. The third kappa shape index (κ3) is 4.93. The van der Waals surface area contributed by atoms with Crippen molar-refractivity contribution in [3.63, 3.8) is 0 Å². The van der Waals surface area contributed by atoms with Crippen LogP contribution in [-0.4, -0.2) is 56.2 Å². The third-order valence-electron chi connectivity index (χ3n) is 4.64. The van der Waals surface area contributed by atoms with Crippen molar-refractivity contribution < 1.29 is 14.3 Å². The largest absolute Gasteiger partial charge is 0.463 e. The summed E-state index contributed by atoms with van der Waals surface area (Å²) in [4.78, 5) is 19.0. The first-order valence-electron chi connectivity index (χ1n) is 9.29. The second-order valence-electron chi connectivity index (χ2n) is 6.62. The number of benzene rings is 1. The predicted octanol–water partition coefficient (Wildman–Crippen LogP) is 2.29. The normalized spacial score (nSPS) is 17.7. The molecule has 1 saturated heterocycles. The van der Waals surface area contributed by atoms with Crippen LogP contribution in [0, 0.1) is 0 Å². The Morgan fingerprint density at radius 2 is 2.15 bits per heavy atom. The summed E-state index contributed by atoms with van der Waals surface area (Å²) in [5.41, 5.74) is 9.52. The first kappa shape index (κ1) is 18.6. The van der Waals surface area contributed by atoms with Crippen LogP contribution in [-0.2, 0) is 20.7 Å². The van der Waals surface area contributed by atoms with Crippen LogP contribution in [0.1, 0.15) is 30.9 Å². The van der Waals surface area contributed by atoms with E-state index in [-0.39, 0.29) is 5.97 Å². The summed E-state index contributed by atoms with van der Waals surface area (Å²) in [7, 11) is 0. The Hall–Kier alpha value is -2.18. The minimum absolute atomic E-state index is 0.319. The van der Waals surface area contributed by atoms with Crippen molar-refractivity contribution in [2.24, 2.45) is 10.7 Å². The van der Waals surface area contributed by atoms with E-state index in [4.69, 9.17) is 15.2 Å². The van der Waals surface area contributed by atoms with E-state index in [0.717, 1.165) is 56.9 Å². The molecule has 2 aliphatic heterocycles. The van der Waals surface area contributed by atoms with Gasteiger partial charge in [0.2, 0.25) is 0 Å². The van der Waals surface area contributed by atoms with Gasteiger partial charge >= 0.3 is 5.97 Å². The maximum absolute atomic E-state index is 12.1. The van der Waals surface area contributed by atoms with Gasteiger partial charge in [0.05, 0.1) is 25.5 Å². The van der Waals surface area contributed by atoms with E-state index in [0.29, 0.717) is 24.4 Å². The number of nitrogens with two attached hydrogens (primary N) is 1. The predicted molar refractivity (Wildman–Crippen MR) is 103 cm³/mol. The van der Waals surface area contributed by atoms with Gasteiger partial charge in [0.1, 0.15) is 5.84 Å². The number of hydrogen-bond donors (Lipinski definition) is 1. The number of aryl methyl sites for hydroxylation is 1. The van der Waals surface area contributed by atoms with Gasteiger partial charge in [-0.1, -0.05) is 12.1 Å². The zero-order valence-electron chi connectivity index (χ0n) is 15.4. The van der Waals surface area contributed by atoms with Gasteiger partial charge in [0.25, 0.3) is 0 Å². The molecular weight excluding hydrogens is 330 g/mol. The average molecular weight is 357 g/mol. The summed E-state index contributed by atoms with van der Waals surface area (Å²) in [6.07, 6.45) is 4.25. The van der Waals surface area contributed by atoms with Gasteiger partial charge in [0, 0.05) is 30.6 Å². The topological polar surface area (TPSA) is 77.1 Å². The quantitative estimate of drug-likeness (QED) is 0.791. The summed E-state index contributed by atoms with van der Waals surface area (Å²) in [5, 5.41) is 0. The van der Waals surface area contributed by atoms with Crippen LogP contribution in [0.5, 0.6) is 0 Å². The maximum atomic E-state index is 12.1. The van der Waals surface area contributed by atoms with Crippen molar-refractivity contribution in [1.29, 1.82) is 0 Å².